The SMILES string of the molecule is O=C(Nc1cccc(I)c1)C1CC(=O)N(Cc2ccccc2)C1. The van der Waals surface area contributed by atoms with Gasteiger partial charge in [-0.3, -0.25) is 9.59 Å². The molecular formula is C18H17IN2O2. The Bertz CT molecular complexity index is 718. The maximum atomic E-state index is 12.4. The average Bonchev–Trinajstić information content (AvgIpc) is 2.89. The summed E-state index contributed by atoms with van der Waals surface area (Å²) in [4.78, 5) is 26.3. The smallest absolute Gasteiger partial charge is 0.229 e. The van der Waals surface area contributed by atoms with Gasteiger partial charge in [0.15, 0.2) is 0 Å². The summed E-state index contributed by atoms with van der Waals surface area (Å²) in [5, 5.41) is 2.91. The average molecular weight is 420 g/mol. The van der Waals surface area contributed by atoms with E-state index in [9.17, 15) is 9.59 Å². The van der Waals surface area contributed by atoms with Crippen molar-refractivity contribution in [3.05, 3.63) is 63.7 Å². The van der Waals surface area contributed by atoms with Crippen LogP contribution in [0.2, 0.25) is 0 Å². The summed E-state index contributed by atoms with van der Waals surface area (Å²) in [7, 11) is 0. The summed E-state index contributed by atoms with van der Waals surface area (Å²) in [6, 6.07) is 17.5. The van der Waals surface area contributed by atoms with Crippen molar-refractivity contribution in [3.8, 4) is 0 Å². The zero-order valence-corrected chi connectivity index (χ0v) is 14.7. The zero-order chi connectivity index (χ0) is 16.2. The van der Waals surface area contributed by atoms with Gasteiger partial charge >= 0.3 is 0 Å². The number of carbonyl (C=O) groups excluding carboxylic acids is 2. The normalized spacial score (nSPS) is 17.3. The molecule has 1 aliphatic rings. The van der Waals surface area contributed by atoms with E-state index >= 15 is 0 Å². The Morgan fingerprint density at radius 3 is 2.70 bits per heavy atom. The molecule has 0 bridgehead atoms. The number of amides is 2. The van der Waals surface area contributed by atoms with E-state index in [2.05, 4.69) is 27.9 Å². The summed E-state index contributed by atoms with van der Waals surface area (Å²) in [6.07, 6.45) is 0.280. The molecule has 1 aliphatic heterocycles. The Morgan fingerprint density at radius 2 is 1.96 bits per heavy atom. The molecule has 1 N–H and O–H groups in total. The van der Waals surface area contributed by atoms with E-state index in [4.69, 9.17) is 0 Å². The summed E-state index contributed by atoms with van der Waals surface area (Å²) in [5.41, 5.74) is 1.86. The van der Waals surface area contributed by atoms with Gasteiger partial charge in [-0.2, -0.15) is 0 Å². The van der Waals surface area contributed by atoms with Crippen molar-refractivity contribution < 1.29 is 9.59 Å². The molecule has 4 nitrogen and oxygen atoms in total. The first-order valence-corrected chi connectivity index (χ1v) is 8.58. The van der Waals surface area contributed by atoms with Crippen LogP contribution in [0.25, 0.3) is 0 Å². The van der Waals surface area contributed by atoms with Crippen LogP contribution in [0.1, 0.15) is 12.0 Å². The van der Waals surface area contributed by atoms with Gasteiger partial charge in [0.25, 0.3) is 0 Å². The minimum atomic E-state index is -0.288. The van der Waals surface area contributed by atoms with Crippen LogP contribution in [0, 0.1) is 9.49 Å². The maximum Gasteiger partial charge on any atom is 0.229 e. The highest BCUT2D eigenvalue weighted by Gasteiger charge is 2.34. The van der Waals surface area contributed by atoms with Crippen LogP contribution in [0.15, 0.2) is 54.6 Å². The van der Waals surface area contributed by atoms with E-state index in [-0.39, 0.29) is 24.2 Å². The van der Waals surface area contributed by atoms with Gasteiger partial charge in [-0.1, -0.05) is 36.4 Å². The Labute approximate surface area is 149 Å². The van der Waals surface area contributed by atoms with Crippen LogP contribution in [0.5, 0.6) is 0 Å². The van der Waals surface area contributed by atoms with Crippen molar-refractivity contribution in [2.45, 2.75) is 13.0 Å². The summed E-state index contributed by atoms with van der Waals surface area (Å²) < 4.78 is 1.06. The number of hydrogen-bond acceptors (Lipinski definition) is 2. The van der Waals surface area contributed by atoms with Crippen LogP contribution in [0.4, 0.5) is 5.69 Å². The van der Waals surface area contributed by atoms with Crippen molar-refractivity contribution in [2.75, 3.05) is 11.9 Å². The maximum absolute atomic E-state index is 12.4. The molecule has 0 spiro atoms. The van der Waals surface area contributed by atoms with Gasteiger partial charge in [-0.05, 0) is 46.4 Å². The highest BCUT2D eigenvalue weighted by molar-refractivity contribution is 14.1. The quantitative estimate of drug-likeness (QED) is 0.773. The molecule has 2 aromatic rings. The number of likely N-dealkylation sites (tertiary alicyclic amines) is 1. The van der Waals surface area contributed by atoms with E-state index in [0.717, 1.165) is 14.8 Å². The lowest BCUT2D eigenvalue weighted by Gasteiger charge is -2.16. The second-order valence-corrected chi connectivity index (χ2v) is 6.91. The second-order valence-electron chi connectivity index (χ2n) is 5.66. The van der Waals surface area contributed by atoms with Gasteiger partial charge in [-0.15, -0.1) is 0 Å². The molecule has 1 atom stereocenters. The Kier molecular flexibility index (Phi) is 4.95. The van der Waals surface area contributed by atoms with Crippen molar-refractivity contribution in [3.63, 3.8) is 0 Å². The fraction of sp³-hybridized carbons (Fsp3) is 0.222. The molecule has 118 valence electrons. The predicted octanol–water partition coefficient (Wildman–Crippen LogP) is 3.28. The molecular weight excluding hydrogens is 403 g/mol. The highest BCUT2D eigenvalue weighted by atomic mass is 127. The lowest BCUT2D eigenvalue weighted by atomic mass is 10.1. The molecule has 3 rings (SSSR count). The Balaban J connectivity index is 1.61. The van der Waals surface area contributed by atoms with Crippen LogP contribution in [0.3, 0.4) is 0 Å². The van der Waals surface area contributed by atoms with Gasteiger partial charge in [0.05, 0.1) is 5.92 Å². The van der Waals surface area contributed by atoms with E-state index in [1.165, 1.54) is 0 Å². The fourth-order valence-corrected chi connectivity index (χ4v) is 3.26. The van der Waals surface area contributed by atoms with Gasteiger partial charge < -0.3 is 10.2 Å². The van der Waals surface area contributed by atoms with Gasteiger partial charge in [0.1, 0.15) is 0 Å². The third-order valence-electron chi connectivity index (χ3n) is 3.89. The van der Waals surface area contributed by atoms with Crippen LogP contribution in [-0.4, -0.2) is 23.3 Å². The summed E-state index contributed by atoms with van der Waals surface area (Å²) in [6.45, 7) is 1.04. The molecule has 0 radical (unpaired) electrons. The second kappa shape index (κ2) is 7.12. The molecule has 1 heterocycles. The monoisotopic (exact) mass is 420 g/mol. The lowest BCUT2D eigenvalue weighted by Crippen LogP contribution is -2.28. The minimum Gasteiger partial charge on any atom is -0.338 e. The molecule has 5 heteroatoms. The highest BCUT2D eigenvalue weighted by Crippen LogP contribution is 2.22. The van der Waals surface area contributed by atoms with Crippen molar-refractivity contribution in [1.29, 1.82) is 0 Å². The number of benzene rings is 2. The number of halogens is 1. The number of hydrogen-bond donors (Lipinski definition) is 1. The van der Waals surface area contributed by atoms with E-state index < -0.39 is 0 Å². The summed E-state index contributed by atoms with van der Waals surface area (Å²) in [5.74, 6) is -0.336. The largest absolute Gasteiger partial charge is 0.338 e. The van der Waals surface area contributed by atoms with E-state index in [0.29, 0.717) is 13.1 Å². The molecule has 0 aliphatic carbocycles. The van der Waals surface area contributed by atoms with Crippen molar-refractivity contribution in [1.82, 2.24) is 4.90 Å². The molecule has 2 aromatic carbocycles. The number of carbonyl (C=O) groups is 2. The first kappa shape index (κ1) is 16.0. The Morgan fingerprint density at radius 1 is 1.17 bits per heavy atom. The topological polar surface area (TPSA) is 49.4 Å². The van der Waals surface area contributed by atoms with Crippen molar-refractivity contribution in [2.24, 2.45) is 5.92 Å². The zero-order valence-electron chi connectivity index (χ0n) is 12.5. The molecule has 0 aromatic heterocycles. The Hall–Kier alpha value is -1.89. The molecule has 0 saturated carbocycles. The molecule has 23 heavy (non-hydrogen) atoms. The number of nitrogens with one attached hydrogen (secondary N) is 1. The van der Waals surface area contributed by atoms with Gasteiger partial charge in [0, 0.05) is 28.8 Å². The number of nitrogens with zero attached hydrogens (tertiary/aromatic N) is 1. The third-order valence-corrected chi connectivity index (χ3v) is 4.56. The molecule has 2 amide bonds. The lowest BCUT2D eigenvalue weighted by molar-refractivity contribution is -0.128. The molecule has 1 fully saturated rings. The minimum absolute atomic E-state index is 0.0386. The predicted molar refractivity (Wildman–Crippen MR) is 97.8 cm³/mol. The van der Waals surface area contributed by atoms with E-state index in [1.54, 1.807) is 4.90 Å². The number of anilines is 1. The first-order chi connectivity index (χ1) is 11.1. The standard InChI is InChI=1S/C18H17IN2O2/c19-15-7-4-8-16(10-15)20-18(23)14-9-17(22)21(12-14)11-13-5-2-1-3-6-13/h1-8,10,14H,9,11-12H2,(H,20,23). The first-order valence-electron chi connectivity index (χ1n) is 7.50. The molecule has 1 unspecified atom stereocenters. The molecule has 1 saturated heterocycles. The summed E-state index contributed by atoms with van der Waals surface area (Å²) >= 11 is 2.21. The van der Waals surface area contributed by atoms with Gasteiger partial charge in [0.2, 0.25) is 11.8 Å². The van der Waals surface area contributed by atoms with Crippen molar-refractivity contribution >= 4 is 40.1 Å². The number of rotatable bonds is 4. The van der Waals surface area contributed by atoms with Crippen LogP contribution < -0.4 is 5.32 Å². The van der Waals surface area contributed by atoms with E-state index in [1.807, 2.05) is 54.6 Å². The fourth-order valence-electron chi connectivity index (χ4n) is 2.71. The van der Waals surface area contributed by atoms with Crippen LogP contribution in [-0.2, 0) is 16.1 Å². The third kappa shape index (κ3) is 4.10. The van der Waals surface area contributed by atoms with Gasteiger partial charge in [-0.25, -0.2) is 0 Å². The van der Waals surface area contributed by atoms with Crippen LogP contribution >= 0.6 is 22.6 Å².